The highest BCUT2D eigenvalue weighted by Crippen LogP contribution is 2.60. The Morgan fingerprint density at radius 3 is 2.53 bits per heavy atom. The molecule has 15 heavy (non-hydrogen) atoms. The van der Waals surface area contributed by atoms with Crippen molar-refractivity contribution in [3.8, 4) is 0 Å². The fourth-order valence-corrected chi connectivity index (χ4v) is 4.13. The van der Waals surface area contributed by atoms with Gasteiger partial charge in [-0.3, -0.25) is 0 Å². The molecular formula is C15H26. The Labute approximate surface area is 95.1 Å². The van der Waals surface area contributed by atoms with Crippen molar-refractivity contribution < 1.29 is 0 Å². The molecular weight excluding hydrogens is 180 g/mol. The molecule has 2 aliphatic rings. The van der Waals surface area contributed by atoms with Crippen LogP contribution in [-0.2, 0) is 0 Å². The summed E-state index contributed by atoms with van der Waals surface area (Å²) in [7, 11) is 0. The first kappa shape index (κ1) is 11.2. The Bertz CT molecular complexity index is 255. The lowest BCUT2D eigenvalue weighted by atomic mass is 9.67. The van der Waals surface area contributed by atoms with Crippen molar-refractivity contribution in [1.82, 2.24) is 0 Å². The Hall–Kier alpha value is -0.260. The summed E-state index contributed by atoms with van der Waals surface area (Å²) in [4.78, 5) is 0. The first-order chi connectivity index (χ1) is 7.01. The number of fused-ring (bicyclic) bond motifs is 2. The summed E-state index contributed by atoms with van der Waals surface area (Å²) in [5.74, 6) is 3.11. The summed E-state index contributed by atoms with van der Waals surface area (Å²) in [5.41, 5.74) is 2.12. The van der Waals surface area contributed by atoms with Gasteiger partial charge in [0, 0.05) is 0 Å². The highest BCUT2D eigenvalue weighted by molar-refractivity contribution is 5.03. The molecule has 0 aromatic carbocycles. The third kappa shape index (κ3) is 2.00. The zero-order chi connectivity index (χ0) is 11.1. The van der Waals surface area contributed by atoms with Crippen LogP contribution in [0.5, 0.6) is 0 Å². The molecule has 2 aliphatic carbocycles. The predicted molar refractivity (Wildman–Crippen MR) is 66.8 cm³/mol. The van der Waals surface area contributed by atoms with E-state index in [1.54, 1.807) is 0 Å². The maximum atomic E-state index is 2.52. The lowest BCUT2D eigenvalue weighted by Crippen LogP contribution is -2.30. The minimum atomic E-state index is 0.637. The average Bonchev–Trinajstić information content (AvgIpc) is 2.66. The zero-order valence-corrected chi connectivity index (χ0v) is 10.8. The van der Waals surface area contributed by atoms with Crippen LogP contribution >= 0.6 is 0 Å². The first-order valence-corrected chi connectivity index (χ1v) is 6.65. The number of hydrogen-bond acceptors (Lipinski definition) is 0. The highest BCUT2D eigenvalue weighted by Gasteiger charge is 2.51. The van der Waals surface area contributed by atoms with Crippen LogP contribution in [0.1, 0.15) is 59.8 Å². The first-order valence-electron chi connectivity index (χ1n) is 6.65. The van der Waals surface area contributed by atoms with E-state index >= 15 is 0 Å². The predicted octanol–water partition coefficient (Wildman–Crippen LogP) is 4.81. The summed E-state index contributed by atoms with van der Waals surface area (Å²) in [6, 6.07) is 0. The fourth-order valence-electron chi connectivity index (χ4n) is 4.13. The number of rotatable bonds is 3. The van der Waals surface area contributed by atoms with Crippen LogP contribution in [0.4, 0.5) is 0 Å². The molecule has 0 saturated heterocycles. The molecule has 0 amide bonds. The van der Waals surface area contributed by atoms with Crippen LogP contribution in [0.3, 0.4) is 0 Å². The van der Waals surface area contributed by atoms with E-state index in [9.17, 15) is 0 Å². The quantitative estimate of drug-likeness (QED) is 0.582. The molecule has 0 nitrogen and oxygen atoms in total. The van der Waals surface area contributed by atoms with E-state index in [2.05, 4.69) is 33.8 Å². The van der Waals surface area contributed by atoms with Gasteiger partial charge in [0.2, 0.25) is 0 Å². The minimum absolute atomic E-state index is 0.637. The van der Waals surface area contributed by atoms with E-state index in [0.717, 1.165) is 17.8 Å². The van der Waals surface area contributed by atoms with E-state index in [1.165, 1.54) is 37.7 Å². The summed E-state index contributed by atoms with van der Waals surface area (Å²) < 4.78 is 0. The van der Waals surface area contributed by atoms with Gasteiger partial charge in [0.15, 0.2) is 0 Å². The second-order valence-electron chi connectivity index (χ2n) is 6.56. The molecule has 3 unspecified atom stereocenters. The summed E-state index contributed by atoms with van der Waals surface area (Å²) in [6.45, 7) is 9.46. The van der Waals surface area contributed by atoms with Crippen molar-refractivity contribution >= 4 is 0 Å². The van der Waals surface area contributed by atoms with E-state index in [0.29, 0.717) is 5.41 Å². The highest BCUT2D eigenvalue weighted by atomic mass is 14.6. The number of hydrogen-bond donors (Lipinski definition) is 0. The molecule has 0 heterocycles. The molecule has 0 N–H and O–H groups in total. The Kier molecular flexibility index (Phi) is 2.96. The van der Waals surface area contributed by atoms with Gasteiger partial charge in [0.1, 0.15) is 0 Å². The van der Waals surface area contributed by atoms with Crippen LogP contribution in [0, 0.1) is 23.2 Å². The zero-order valence-electron chi connectivity index (χ0n) is 10.8. The van der Waals surface area contributed by atoms with Gasteiger partial charge in [-0.1, -0.05) is 25.5 Å². The molecule has 0 aliphatic heterocycles. The standard InChI is InChI=1S/C15H26/c1-11(2)6-5-7-14-12-8-9-13(10-12)15(14,3)4/h6,12-14H,5,7-10H2,1-4H3. The Balaban J connectivity index is 1.95. The van der Waals surface area contributed by atoms with Gasteiger partial charge in [-0.15, -0.1) is 0 Å². The SMILES string of the molecule is CC(C)=CCCC1C2CCC(C2)C1(C)C. The van der Waals surface area contributed by atoms with Crippen molar-refractivity contribution in [2.75, 3.05) is 0 Å². The Morgan fingerprint density at radius 1 is 1.27 bits per heavy atom. The van der Waals surface area contributed by atoms with Crippen LogP contribution in [0.15, 0.2) is 11.6 Å². The maximum Gasteiger partial charge on any atom is -0.0295 e. The van der Waals surface area contributed by atoms with Gasteiger partial charge in [0.05, 0.1) is 0 Å². The van der Waals surface area contributed by atoms with Gasteiger partial charge in [-0.25, -0.2) is 0 Å². The molecule has 0 aromatic rings. The van der Waals surface area contributed by atoms with Crippen molar-refractivity contribution in [3.63, 3.8) is 0 Å². The van der Waals surface area contributed by atoms with Gasteiger partial charge < -0.3 is 0 Å². The van der Waals surface area contributed by atoms with E-state index in [-0.39, 0.29) is 0 Å². The second kappa shape index (κ2) is 3.96. The topological polar surface area (TPSA) is 0 Å². The number of allylic oxidation sites excluding steroid dienone is 2. The summed E-state index contributed by atoms with van der Waals surface area (Å²) >= 11 is 0. The molecule has 86 valence electrons. The van der Waals surface area contributed by atoms with Crippen molar-refractivity contribution in [2.45, 2.75) is 59.8 Å². The summed E-state index contributed by atoms with van der Waals surface area (Å²) in [5, 5.41) is 0. The average molecular weight is 206 g/mol. The fraction of sp³-hybridized carbons (Fsp3) is 0.867. The lowest BCUT2D eigenvalue weighted by molar-refractivity contribution is 0.115. The van der Waals surface area contributed by atoms with E-state index < -0.39 is 0 Å². The van der Waals surface area contributed by atoms with Crippen molar-refractivity contribution in [1.29, 1.82) is 0 Å². The second-order valence-corrected chi connectivity index (χ2v) is 6.56. The van der Waals surface area contributed by atoms with Gasteiger partial charge in [-0.2, -0.15) is 0 Å². The molecule has 0 heteroatoms. The van der Waals surface area contributed by atoms with E-state index in [1.807, 2.05) is 0 Å². The lowest BCUT2D eigenvalue weighted by Gasteiger charge is -2.38. The van der Waals surface area contributed by atoms with Crippen LogP contribution < -0.4 is 0 Å². The van der Waals surface area contributed by atoms with Gasteiger partial charge in [-0.05, 0) is 69.1 Å². The summed E-state index contributed by atoms with van der Waals surface area (Å²) in [6.07, 6.45) is 9.72. The molecule has 2 rings (SSSR count). The third-order valence-electron chi connectivity index (χ3n) is 5.08. The maximum absolute atomic E-state index is 2.52. The molecule has 0 spiro atoms. The molecule has 0 radical (unpaired) electrons. The molecule has 0 aromatic heterocycles. The van der Waals surface area contributed by atoms with Crippen LogP contribution in [0.25, 0.3) is 0 Å². The third-order valence-corrected chi connectivity index (χ3v) is 5.08. The molecule has 3 atom stereocenters. The van der Waals surface area contributed by atoms with Gasteiger partial charge >= 0.3 is 0 Å². The van der Waals surface area contributed by atoms with Crippen LogP contribution in [-0.4, -0.2) is 0 Å². The minimum Gasteiger partial charge on any atom is -0.0859 e. The molecule has 2 fully saturated rings. The van der Waals surface area contributed by atoms with Crippen molar-refractivity contribution in [2.24, 2.45) is 23.2 Å². The van der Waals surface area contributed by atoms with Gasteiger partial charge in [0.25, 0.3) is 0 Å². The monoisotopic (exact) mass is 206 g/mol. The Morgan fingerprint density at radius 2 is 2.00 bits per heavy atom. The van der Waals surface area contributed by atoms with Crippen molar-refractivity contribution in [3.05, 3.63) is 11.6 Å². The normalized spacial score (nSPS) is 36.9. The van der Waals surface area contributed by atoms with E-state index in [4.69, 9.17) is 0 Å². The smallest absolute Gasteiger partial charge is 0.0295 e. The molecule has 2 saturated carbocycles. The van der Waals surface area contributed by atoms with Crippen LogP contribution in [0.2, 0.25) is 0 Å². The molecule has 2 bridgehead atoms. The largest absolute Gasteiger partial charge is 0.0859 e.